The van der Waals surface area contributed by atoms with Crippen LogP contribution in [-0.2, 0) is 0 Å². The lowest BCUT2D eigenvalue weighted by atomic mass is 10.1. The van der Waals surface area contributed by atoms with Gasteiger partial charge in [-0.05, 0) is 19.1 Å². The minimum Gasteiger partial charge on any atom is -0.494 e. The van der Waals surface area contributed by atoms with Gasteiger partial charge in [0.25, 0.3) is 0 Å². The molecule has 2 aromatic carbocycles. The van der Waals surface area contributed by atoms with Gasteiger partial charge in [0.1, 0.15) is 5.82 Å². The van der Waals surface area contributed by atoms with Gasteiger partial charge in [0.05, 0.1) is 18.5 Å². The topological polar surface area (TPSA) is 47.3 Å². The van der Waals surface area contributed by atoms with Crippen molar-refractivity contribution in [3.63, 3.8) is 0 Å². The summed E-state index contributed by atoms with van der Waals surface area (Å²) in [6.07, 6.45) is 0. The number of nitrogens with two attached hydrogens (primary N) is 1. The van der Waals surface area contributed by atoms with Gasteiger partial charge in [-0.1, -0.05) is 6.07 Å². The molecular weight excluding hydrogens is 250 g/mol. The van der Waals surface area contributed by atoms with E-state index < -0.39 is 5.82 Å². The normalized spacial score (nSPS) is 10.3. The van der Waals surface area contributed by atoms with Gasteiger partial charge in [-0.2, -0.15) is 0 Å². The Morgan fingerprint density at radius 3 is 2.53 bits per heavy atom. The highest BCUT2D eigenvalue weighted by atomic mass is 19.1. The molecule has 0 bridgehead atoms. The van der Waals surface area contributed by atoms with Crippen molar-refractivity contribution in [2.75, 3.05) is 18.2 Å². The van der Waals surface area contributed by atoms with E-state index in [4.69, 9.17) is 10.5 Å². The van der Waals surface area contributed by atoms with E-state index in [0.29, 0.717) is 16.9 Å². The smallest absolute Gasteiger partial charge is 0.167 e. The Morgan fingerprint density at radius 2 is 1.84 bits per heavy atom. The Bertz CT molecular complexity index is 615. The number of rotatable bonds is 3. The Hall–Kier alpha value is -2.30. The van der Waals surface area contributed by atoms with Crippen molar-refractivity contribution in [3.8, 4) is 5.75 Å². The number of benzene rings is 2. The molecular formula is C14H14F2N2O. The van der Waals surface area contributed by atoms with Crippen molar-refractivity contribution >= 4 is 17.1 Å². The minimum absolute atomic E-state index is 0.0748. The Kier molecular flexibility index (Phi) is 3.55. The van der Waals surface area contributed by atoms with Gasteiger partial charge in [0.15, 0.2) is 11.6 Å². The van der Waals surface area contributed by atoms with Gasteiger partial charge in [-0.25, -0.2) is 8.78 Å². The van der Waals surface area contributed by atoms with E-state index in [9.17, 15) is 8.78 Å². The van der Waals surface area contributed by atoms with Crippen molar-refractivity contribution < 1.29 is 13.5 Å². The van der Waals surface area contributed by atoms with E-state index >= 15 is 0 Å². The lowest BCUT2D eigenvalue weighted by molar-refractivity contribution is 0.387. The van der Waals surface area contributed by atoms with E-state index in [0.717, 1.165) is 6.07 Å². The number of hydrogen-bond donors (Lipinski definition) is 2. The lowest BCUT2D eigenvalue weighted by Crippen LogP contribution is -2.01. The van der Waals surface area contributed by atoms with Crippen LogP contribution in [0, 0.1) is 18.6 Å². The molecule has 2 aromatic rings. The van der Waals surface area contributed by atoms with Gasteiger partial charge in [-0.3, -0.25) is 0 Å². The second kappa shape index (κ2) is 5.14. The maximum absolute atomic E-state index is 13.4. The van der Waals surface area contributed by atoms with E-state index in [-0.39, 0.29) is 17.3 Å². The number of anilines is 3. The largest absolute Gasteiger partial charge is 0.494 e. The number of hydrogen-bond acceptors (Lipinski definition) is 3. The van der Waals surface area contributed by atoms with Crippen LogP contribution in [0.3, 0.4) is 0 Å². The summed E-state index contributed by atoms with van der Waals surface area (Å²) >= 11 is 0. The highest BCUT2D eigenvalue weighted by Gasteiger charge is 2.10. The molecule has 0 spiro atoms. The first-order valence-corrected chi connectivity index (χ1v) is 5.68. The van der Waals surface area contributed by atoms with Crippen molar-refractivity contribution in [2.45, 2.75) is 6.92 Å². The molecule has 0 saturated carbocycles. The molecule has 0 aromatic heterocycles. The first-order chi connectivity index (χ1) is 9.02. The molecule has 2 rings (SSSR count). The zero-order valence-corrected chi connectivity index (χ0v) is 10.6. The molecule has 0 amide bonds. The second-order valence-electron chi connectivity index (χ2n) is 4.11. The van der Waals surface area contributed by atoms with Crippen molar-refractivity contribution in [2.24, 2.45) is 0 Å². The fourth-order valence-corrected chi connectivity index (χ4v) is 1.72. The van der Waals surface area contributed by atoms with Crippen LogP contribution in [-0.4, -0.2) is 7.11 Å². The molecule has 0 aliphatic heterocycles. The van der Waals surface area contributed by atoms with Gasteiger partial charge in [0, 0.05) is 23.4 Å². The minimum atomic E-state index is -0.540. The van der Waals surface area contributed by atoms with Crippen LogP contribution < -0.4 is 15.8 Å². The SMILES string of the molecule is COc1cc(Nc2cccc(F)c2C)c(N)cc1F. The molecule has 0 aliphatic rings. The van der Waals surface area contributed by atoms with Crippen molar-refractivity contribution in [3.05, 3.63) is 47.5 Å². The maximum atomic E-state index is 13.4. The molecule has 19 heavy (non-hydrogen) atoms. The molecule has 0 aliphatic carbocycles. The summed E-state index contributed by atoms with van der Waals surface area (Å²) in [7, 11) is 1.37. The Labute approximate surface area is 110 Å². The van der Waals surface area contributed by atoms with Crippen LogP contribution in [0.5, 0.6) is 5.75 Å². The molecule has 0 heterocycles. The van der Waals surface area contributed by atoms with Gasteiger partial charge in [-0.15, -0.1) is 0 Å². The molecule has 3 N–H and O–H groups in total. The maximum Gasteiger partial charge on any atom is 0.167 e. The molecule has 0 saturated heterocycles. The fraction of sp³-hybridized carbons (Fsp3) is 0.143. The summed E-state index contributed by atoms with van der Waals surface area (Å²) < 4.78 is 31.7. The third-order valence-corrected chi connectivity index (χ3v) is 2.86. The summed E-state index contributed by atoms with van der Waals surface area (Å²) in [5.41, 5.74) is 7.45. The summed E-state index contributed by atoms with van der Waals surface area (Å²) in [5.74, 6) is -0.787. The summed E-state index contributed by atoms with van der Waals surface area (Å²) in [5, 5.41) is 2.97. The zero-order chi connectivity index (χ0) is 14.0. The number of methoxy groups -OCH3 is 1. The lowest BCUT2D eigenvalue weighted by Gasteiger charge is -2.13. The third-order valence-electron chi connectivity index (χ3n) is 2.86. The first-order valence-electron chi connectivity index (χ1n) is 5.68. The molecule has 0 radical (unpaired) electrons. The Morgan fingerprint density at radius 1 is 1.11 bits per heavy atom. The molecule has 0 unspecified atom stereocenters. The van der Waals surface area contributed by atoms with E-state index in [1.165, 1.54) is 19.2 Å². The van der Waals surface area contributed by atoms with E-state index in [2.05, 4.69) is 5.32 Å². The van der Waals surface area contributed by atoms with Crippen LogP contribution in [0.1, 0.15) is 5.56 Å². The third kappa shape index (κ3) is 2.59. The number of ether oxygens (including phenoxy) is 1. The predicted molar refractivity (Wildman–Crippen MR) is 71.8 cm³/mol. The summed E-state index contributed by atoms with van der Waals surface area (Å²) in [6.45, 7) is 1.65. The van der Waals surface area contributed by atoms with Crippen molar-refractivity contribution in [1.29, 1.82) is 0 Å². The molecule has 0 atom stereocenters. The predicted octanol–water partition coefficient (Wildman–Crippen LogP) is 3.61. The molecule has 0 fully saturated rings. The van der Waals surface area contributed by atoms with Crippen LogP contribution in [0.25, 0.3) is 0 Å². The van der Waals surface area contributed by atoms with E-state index in [1.807, 2.05) is 0 Å². The van der Waals surface area contributed by atoms with Crippen LogP contribution in [0.2, 0.25) is 0 Å². The number of halogens is 2. The van der Waals surface area contributed by atoms with E-state index in [1.54, 1.807) is 19.1 Å². The van der Waals surface area contributed by atoms with Crippen LogP contribution in [0.4, 0.5) is 25.8 Å². The number of nitrogen functional groups attached to an aromatic ring is 1. The number of nitrogens with one attached hydrogen (secondary N) is 1. The molecule has 100 valence electrons. The van der Waals surface area contributed by atoms with Gasteiger partial charge >= 0.3 is 0 Å². The Balaban J connectivity index is 2.41. The summed E-state index contributed by atoms with van der Waals surface area (Å²) in [6, 6.07) is 7.27. The van der Waals surface area contributed by atoms with Crippen molar-refractivity contribution in [1.82, 2.24) is 0 Å². The van der Waals surface area contributed by atoms with Gasteiger partial charge < -0.3 is 15.8 Å². The van der Waals surface area contributed by atoms with Gasteiger partial charge in [0.2, 0.25) is 0 Å². The van der Waals surface area contributed by atoms with Crippen LogP contribution >= 0.6 is 0 Å². The quantitative estimate of drug-likeness (QED) is 0.832. The fourth-order valence-electron chi connectivity index (χ4n) is 1.72. The average Bonchev–Trinajstić information content (AvgIpc) is 2.38. The average molecular weight is 264 g/mol. The monoisotopic (exact) mass is 264 g/mol. The zero-order valence-electron chi connectivity index (χ0n) is 10.6. The standard InChI is InChI=1S/C14H14F2N2O/c1-8-9(15)4-3-5-12(8)18-13-7-14(19-2)10(16)6-11(13)17/h3-7,18H,17H2,1-2H3. The highest BCUT2D eigenvalue weighted by Crippen LogP contribution is 2.31. The summed E-state index contributed by atoms with van der Waals surface area (Å²) in [4.78, 5) is 0. The highest BCUT2D eigenvalue weighted by molar-refractivity contribution is 5.75. The molecule has 3 nitrogen and oxygen atoms in total. The first kappa shape index (κ1) is 13.1. The second-order valence-corrected chi connectivity index (χ2v) is 4.11. The molecule has 5 heteroatoms. The van der Waals surface area contributed by atoms with Crippen LogP contribution in [0.15, 0.2) is 30.3 Å².